The maximum atomic E-state index is 11.9. The minimum absolute atomic E-state index is 0.0424. The number of carboxylic acid groups (broad SMARTS) is 1. The number of aliphatic hydroxyl groups excluding tert-OH is 1. The molecule has 0 aromatic carbocycles. The number of hydrogen-bond acceptors (Lipinski definition) is 3. The van der Waals surface area contributed by atoms with Crippen LogP contribution in [0.3, 0.4) is 0 Å². The lowest BCUT2D eigenvalue weighted by atomic mass is 9.83. The zero-order valence-corrected chi connectivity index (χ0v) is 10.5. The van der Waals surface area contributed by atoms with Crippen molar-refractivity contribution in [3.05, 3.63) is 0 Å². The largest absolute Gasteiger partial charge is 0.480 e. The zero-order chi connectivity index (χ0) is 13.1. The maximum absolute atomic E-state index is 11.9. The van der Waals surface area contributed by atoms with E-state index in [0.717, 1.165) is 32.1 Å². The van der Waals surface area contributed by atoms with E-state index < -0.39 is 12.0 Å². The van der Waals surface area contributed by atoms with Crippen LogP contribution in [-0.4, -0.2) is 46.2 Å². The van der Waals surface area contributed by atoms with Crippen molar-refractivity contribution < 1.29 is 19.8 Å². The Balaban J connectivity index is 2.09. The number of carboxylic acids is 1. The van der Waals surface area contributed by atoms with Crippen LogP contribution in [0.25, 0.3) is 0 Å². The standard InChI is InChI=1S/C13H21NO4/c15-8-9-6-11(16)14(7-9)12(13(17)18)10-4-2-1-3-5-10/h9-10,12,15H,1-8H2,(H,17,18). The normalized spacial score (nSPS) is 27.5. The fourth-order valence-corrected chi connectivity index (χ4v) is 3.24. The van der Waals surface area contributed by atoms with Gasteiger partial charge < -0.3 is 15.1 Å². The first kappa shape index (κ1) is 13.3. The summed E-state index contributed by atoms with van der Waals surface area (Å²) in [6, 6.07) is -0.686. The highest BCUT2D eigenvalue weighted by atomic mass is 16.4. The third-order valence-electron chi connectivity index (χ3n) is 4.18. The van der Waals surface area contributed by atoms with Gasteiger partial charge in [-0.1, -0.05) is 19.3 Å². The van der Waals surface area contributed by atoms with Gasteiger partial charge in [0.2, 0.25) is 5.91 Å². The predicted molar refractivity (Wildman–Crippen MR) is 64.9 cm³/mol. The van der Waals surface area contributed by atoms with Crippen molar-refractivity contribution >= 4 is 11.9 Å². The van der Waals surface area contributed by atoms with Gasteiger partial charge in [0, 0.05) is 25.5 Å². The van der Waals surface area contributed by atoms with Crippen LogP contribution >= 0.6 is 0 Å². The third-order valence-corrected chi connectivity index (χ3v) is 4.18. The molecule has 0 radical (unpaired) electrons. The van der Waals surface area contributed by atoms with Crippen molar-refractivity contribution in [2.75, 3.05) is 13.2 Å². The minimum Gasteiger partial charge on any atom is -0.480 e. The van der Waals surface area contributed by atoms with Gasteiger partial charge in [-0.25, -0.2) is 4.79 Å². The second kappa shape index (κ2) is 5.69. The summed E-state index contributed by atoms with van der Waals surface area (Å²) >= 11 is 0. The number of aliphatic carboxylic acids is 1. The minimum atomic E-state index is -0.895. The Morgan fingerprint density at radius 2 is 2.00 bits per heavy atom. The van der Waals surface area contributed by atoms with Gasteiger partial charge in [0.25, 0.3) is 0 Å². The number of carbonyl (C=O) groups excluding carboxylic acids is 1. The number of nitrogens with zero attached hydrogens (tertiary/aromatic N) is 1. The second-order valence-electron chi connectivity index (χ2n) is 5.48. The smallest absolute Gasteiger partial charge is 0.326 e. The molecule has 18 heavy (non-hydrogen) atoms. The molecule has 0 aromatic heterocycles. The van der Waals surface area contributed by atoms with Gasteiger partial charge in [0.15, 0.2) is 0 Å². The van der Waals surface area contributed by atoms with Crippen LogP contribution in [0.2, 0.25) is 0 Å². The van der Waals surface area contributed by atoms with Crippen LogP contribution in [0, 0.1) is 11.8 Å². The molecule has 2 unspecified atom stereocenters. The van der Waals surface area contributed by atoms with Gasteiger partial charge in [-0.3, -0.25) is 4.79 Å². The number of carbonyl (C=O) groups is 2. The lowest BCUT2D eigenvalue weighted by Gasteiger charge is -2.33. The highest BCUT2D eigenvalue weighted by Crippen LogP contribution is 2.32. The van der Waals surface area contributed by atoms with Gasteiger partial charge in [-0.15, -0.1) is 0 Å². The number of hydrogen-bond donors (Lipinski definition) is 2. The molecule has 1 saturated heterocycles. The Morgan fingerprint density at radius 3 is 2.50 bits per heavy atom. The van der Waals surface area contributed by atoms with Crippen LogP contribution in [-0.2, 0) is 9.59 Å². The molecule has 0 aromatic rings. The summed E-state index contributed by atoms with van der Waals surface area (Å²) in [5.41, 5.74) is 0. The summed E-state index contributed by atoms with van der Waals surface area (Å²) in [6.07, 6.45) is 5.35. The van der Waals surface area contributed by atoms with Gasteiger partial charge in [-0.2, -0.15) is 0 Å². The molecule has 1 amide bonds. The summed E-state index contributed by atoms with van der Waals surface area (Å²) in [5.74, 6) is -1.03. The molecule has 5 nitrogen and oxygen atoms in total. The average Bonchev–Trinajstić information content (AvgIpc) is 2.72. The monoisotopic (exact) mass is 255 g/mol. The second-order valence-corrected chi connectivity index (χ2v) is 5.48. The summed E-state index contributed by atoms with van der Waals surface area (Å²) < 4.78 is 0. The van der Waals surface area contributed by atoms with Gasteiger partial charge in [-0.05, 0) is 18.8 Å². The molecule has 2 N–H and O–H groups in total. The van der Waals surface area contributed by atoms with E-state index in [-0.39, 0.29) is 30.8 Å². The molecule has 0 spiro atoms. The van der Waals surface area contributed by atoms with E-state index in [0.29, 0.717) is 6.54 Å². The summed E-state index contributed by atoms with van der Waals surface area (Å²) in [7, 11) is 0. The van der Waals surface area contributed by atoms with E-state index >= 15 is 0 Å². The predicted octanol–water partition coefficient (Wildman–Crippen LogP) is 0.861. The molecule has 5 heteroatoms. The molecule has 2 aliphatic rings. The molecule has 1 saturated carbocycles. The van der Waals surface area contributed by atoms with Crippen molar-refractivity contribution in [3.8, 4) is 0 Å². The molecule has 0 bridgehead atoms. The molecule has 2 atom stereocenters. The Morgan fingerprint density at radius 1 is 1.33 bits per heavy atom. The summed E-state index contributed by atoms with van der Waals surface area (Å²) in [4.78, 5) is 24.8. The van der Waals surface area contributed by atoms with E-state index in [4.69, 9.17) is 5.11 Å². The number of likely N-dealkylation sites (tertiary alicyclic amines) is 1. The van der Waals surface area contributed by atoms with Gasteiger partial charge in [0.05, 0.1) is 0 Å². The van der Waals surface area contributed by atoms with E-state index in [9.17, 15) is 14.7 Å². The van der Waals surface area contributed by atoms with Crippen LogP contribution in [0.5, 0.6) is 0 Å². The first-order valence-corrected chi connectivity index (χ1v) is 6.76. The molecular weight excluding hydrogens is 234 g/mol. The molecule has 2 fully saturated rings. The van der Waals surface area contributed by atoms with E-state index in [2.05, 4.69) is 0 Å². The number of aliphatic hydroxyl groups is 1. The lowest BCUT2D eigenvalue weighted by Crippen LogP contribution is -2.47. The third kappa shape index (κ3) is 2.66. The van der Waals surface area contributed by atoms with Crippen LogP contribution in [0.1, 0.15) is 38.5 Å². The van der Waals surface area contributed by atoms with Gasteiger partial charge >= 0.3 is 5.97 Å². The highest BCUT2D eigenvalue weighted by molar-refractivity contribution is 5.85. The first-order valence-electron chi connectivity index (χ1n) is 6.76. The maximum Gasteiger partial charge on any atom is 0.326 e. The molecule has 1 aliphatic carbocycles. The summed E-state index contributed by atoms with van der Waals surface area (Å²) in [6.45, 7) is 0.349. The van der Waals surface area contributed by atoms with E-state index in [1.165, 1.54) is 4.90 Å². The molecule has 1 heterocycles. The fraction of sp³-hybridized carbons (Fsp3) is 0.846. The van der Waals surface area contributed by atoms with E-state index in [1.54, 1.807) is 0 Å². The molecular formula is C13H21NO4. The first-order chi connectivity index (χ1) is 8.63. The number of amides is 1. The lowest BCUT2D eigenvalue weighted by molar-refractivity contribution is -0.151. The van der Waals surface area contributed by atoms with Crippen LogP contribution in [0.15, 0.2) is 0 Å². The number of rotatable bonds is 4. The summed E-state index contributed by atoms with van der Waals surface area (Å²) in [5, 5.41) is 18.5. The van der Waals surface area contributed by atoms with Crippen molar-refractivity contribution in [2.45, 2.75) is 44.6 Å². The van der Waals surface area contributed by atoms with Crippen molar-refractivity contribution in [3.63, 3.8) is 0 Å². The van der Waals surface area contributed by atoms with E-state index in [1.807, 2.05) is 0 Å². The fourth-order valence-electron chi connectivity index (χ4n) is 3.24. The topological polar surface area (TPSA) is 77.8 Å². The highest BCUT2D eigenvalue weighted by Gasteiger charge is 2.41. The van der Waals surface area contributed by atoms with Crippen molar-refractivity contribution in [1.29, 1.82) is 0 Å². The Bertz CT molecular complexity index is 325. The Hall–Kier alpha value is -1.10. The van der Waals surface area contributed by atoms with Crippen molar-refractivity contribution in [1.82, 2.24) is 4.90 Å². The van der Waals surface area contributed by atoms with Crippen LogP contribution in [0.4, 0.5) is 0 Å². The zero-order valence-electron chi connectivity index (χ0n) is 10.5. The SMILES string of the molecule is O=C(O)C(C1CCCCC1)N1CC(CO)CC1=O. The van der Waals surface area contributed by atoms with Gasteiger partial charge in [0.1, 0.15) is 6.04 Å². The quantitative estimate of drug-likeness (QED) is 0.781. The molecule has 102 valence electrons. The Kier molecular flexibility index (Phi) is 4.22. The molecule has 1 aliphatic heterocycles. The Labute approximate surface area is 107 Å². The van der Waals surface area contributed by atoms with Crippen molar-refractivity contribution in [2.24, 2.45) is 11.8 Å². The van der Waals surface area contributed by atoms with Crippen LogP contribution < -0.4 is 0 Å². The molecule has 2 rings (SSSR count). The average molecular weight is 255 g/mol.